The highest BCUT2D eigenvalue weighted by molar-refractivity contribution is 5.97. The number of piperidine rings is 1. The number of anilines is 1. The molecule has 2 amide bonds. The molecule has 1 saturated carbocycles. The number of hydrogen-bond acceptors (Lipinski definition) is 6. The zero-order valence-corrected chi connectivity index (χ0v) is 16.8. The van der Waals surface area contributed by atoms with Crippen LogP contribution in [-0.4, -0.2) is 52.4 Å². The molecule has 8 heteroatoms. The summed E-state index contributed by atoms with van der Waals surface area (Å²) in [6.45, 7) is 3.88. The van der Waals surface area contributed by atoms with Crippen LogP contribution in [0.1, 0.15) is 68.6 Å². The van der Waals surface area contributed by atoms with Crippen molar-refractivity contribution in [3.63, 3.8) is 0 Å². The van der Waals surface area contributed by atoms with Crippen LogP contribution in [0.15, 0.2) is 12.5 Å². The largest absolute Gasteiger partial charge is 0.365 e. The van der Waals surface area contributed by atoms with E-state index in [1.807, 2.05) is 9.91 Å². The van der Waals surface area contributed by atoms with Gasteiger partial charge in [0.05, 0.1) is 0 Å². The average Bonchev–Trinajstić information content (AvgIpc) is 2.72. The van der Waals surface area contributed by atoms with Crippen LogP contribution in [0.5, 0.6) is 0 Å². The van der Waals surface area contributed by atoms with Gasteiger partial charge in [-0.2, -0.15) is 0 Å². The molecule has 1 saturated heterocycles. The molecule has 3 rings (SSSR count). The Labute approximate surface area is 166 Å². The van der Waals surface area contributed by atoms with E-state index in [0.29, 0.717) is 11.4 Å². The van der Waals surface area contributed by atoms with Crippen LogP contribution < -0.4 is 16.2 Å². The third-order valence-electron chi connectivity index (χ3n) is 5.98. The summed E-state index contributed by atoms with van der Waals surface area (Å²) in [4.78, 5) is 33.7. The van der Waals surface area contributed by atoms with Crippen molar-refractivity contribution in [3.8, 4) is 0 Å². The minimum absolute atomic E-state index is 0.124. The van der Waals surface area contributed by atoms with E-state index in [4.69, 9.17) is 5.73 Å². The summed E-state index contributed by atoms with van der Waals surface area (Å²) in [6, 6.07) is 0.234. The van der Waals surface area contributed by atoms with Crippen molar-refractivity contribution in [2.45, 2.75) is 64.3 Å². The van der Waals surface area contributed by atoms with E-state index in [-0.39, 0.29) is 11.9 Å². The van der Waals surface area contributed by atoms with Gasteiger partial charge in [-0.25, -0.2) is 15.4 Å². The zero-order chi connectivity index (χ0) is 19.9. The Morgan fingerprint density at radius 3 is 2.57 bits per heavy atom. The summed E-state index contributed by atoms with van der Waals surface area (Å²) in [5.74, 6) is 0.870. The van der Waals surface area contributed by atoms with Crippen LogP contribution in [0.4, 0.5) is 5.82 Å². The van der Waals surface area contributed by atoms with Gasteiger partial charge < -0.3 is 10.6 Å². The number of likely N-dealkylation sites (tertiary alicyclic amines) is 1. The lowest BCUT2D eigenvalue weighted by Crippen LogP contribution is -2.52. The molecular formula is C20H32N6O2. The first-order valence-electron chi connectivity index (χ1n) is 10.4. The Balaban J connectivity index is 1.69. The van der Waals surface area contributed by atoms with E-state index in [9.17, 15) is 9.59 Å². The molecule has 1 aromatic rings. The van der Waals surface area contributed by atoms with Gasteiger partial charge >= 0.3 is 0 Å². The topological polar surface area (TPSA) is 104 Å². The third kappa shape index (κ3) is 5.41. The summed E-state index contributed by atoms with van der Waals surface area (Å²) in [6.07, 6.45) is 12.2. The molecule has 0 spiro atoms. The molecule has 3 N–H and O–H groups in total. The van der Waals surface area contributed by atoms with Crippen LogP contribution in [0, 0.1) is 5.92 Å². The van der Waals surface area contributed by atoms with Crippen molar-refractivity contribution in [2.24, 2.45) is 11.7 Å². The van der Waals surface area contributed by atoms with Crippen molar-refractivity contribution in [3.05, 3.63) is 18.1 Å². The maximum Gasteiger partial charge on any atom is 0.254 e. The van der Waals surface area contributed by atoms with Gasteiger partial charge in [0.2, 0.25) is 5.91 Å². The summed E-state index contributed by atoms with van der Waals surface area (Å²) in [7, 11) is 0. The second-order valence-electron chi connectivity index (χ2n) is 7.98. The van der Waals surface area contributed by atoms with Gasteiger partial charge in [0, 0.05) is 38.8 Å². The number of amides is 2. The van der Waals surface area contributed by atoms with E-state index < -0.39 is 5.91 Å². The minimum atomic E-state index is -0.522. The van der Waals surface area contributed by atoms with Crippen molar-refractivity contribution in [1.29, 1.82) is 0 Å². The number of aromatic nitrogens is 2. The molecule has 1 aliphatic carbocycles. The van der Waals surface area contributed by atoms with Gasteiger partial charge in [0.25, 0.3) is 5.91 Å². The monoisotopic (exact) mass is 388 g/mol. The SMILES string of the molecule is CC(=O)N1CCC(NN(CCC2CCCCC2)c2ncncc2C(N)=O)CC1. The van der Waals surface area contributed by atoms with Crippen LogP contribution in [-0.2, 0) is 4.79 Å². The quantitative estimate of drug-likeness (QED) is 0.691. The Kier molecular flexibility index (Phi) is 7.19. The maximum absolute atomic E-state index is 11.9. The van der Waals surface area contributed by atoms with Gasteiger partial charge in [0.15, 0.2) is 5.82 Å². The summed E-state index contributed by atoms with van der Waals surface area (Å²) < 4.78 is 0. The molecule has 2 fully saturated rings. The number of nitrogens with zero attached hydrogens (tertiary/aromatic N) is 4. The number of primary amides is 1. The minimum Gasteiger partial charge on any atom is -0.365 e. The molecule has 0 unspecified atom stereocenters. The number of carbonyl (C=O) groups is 2. The number of hydrogen-bond donors (Lipinski definition) is 2. The van der Waals surface area contributed by atoms with Gasteiger partial charge in [-0.1, -0.05) is 32.1 Å². The van der Waals surface area contributed by atoms with E-state index in [1.54, 1.807) is 6.92 Å². The summed E-state index contributed by atoms with van der Waals surface area (Å²) in [5, 5.41) is 1.99. The number of carbonyl (C=O) groups excluding carboxylic acids is 2. The first kappa shape index (κ1) is 20.5. The molecule has 1 aliphatic heterocycles. The number of nitrogens with one attached hydrogen (secondary N) is 1. The Morgan fingerprint density at radius 1 is 1.21 bits per heavy atom. The van der Waals surface area contributed by atoms with Crippen molar-refractivity contribution in [2.75, 3.05) is 24.6 Å². The number of nitrogens with two attached hydrogens (primary N) is 1. The fourth-order valence-corrected chi connectivity index (χ4v) is 4.28. The normalized spacial score (nSPS) is 18.8. The molecular weight excluding hydrogens is 356 g/mol. The fraction of sp³-hybridized carbons (Fsp3) is 0.700. The Bertz CT molecular complexity index is 668. The average molecular weight is 389 g/mol. The van der Waals surface area contributed by atoms with Crippen LogP contribution in [0.2, 0.25) is 0 Å². The second kappa shape index (κ2) is 9.82. The highest BCUT2D eigenvalue weighted by Crippen LogP contribution is 2.27. The molecule has 0 aromatic carbocycles. The molecule has 2 aliphatic rings. The Morgan fingerprint density at radius 2 is 1.93 bits per heavy atom. The van der Waals surface area contributed by atoms with Gasteiger partial charge in [-0.3, -0.25) is 14.6 Å². The lowest BCUT2D eigenvalue weighted by Gasteiger charge is -2.36. The van der Waals surface area contributed by atoms with Crippen molar-refractivity contribution in [1.82, 2.24) is 20.3 Å². The molecule has 1 aromatic heterocycles. The highest BCUT2D eigenvalue weighted by atomic mass is 16.2. The molecule has 0 atom stereocenters. The fourth-order valence-electron chi connectivity index (χ4n) is 4.28. The van der Waals surface area contributed by atoms with E-state index in [2.05, 4.69) is 15.4 Å². The highest BCUT2D eigenvalue weighted by Gasteiger charge is 2.25. The molecule has 0 bridgehead atoms. The predicted molar refractivity (Wildman–Crippen MR) is 107 cm³/mol. The van der Waals surface area contributed by atoms with Crippen molar-refractivity contribution >= 4 is 17.6 Å². The van der Waals surface area contributed by atoms with E-state index in [1.165, 1.54) is 44.6 Å². The molecule has 28 heavy (non-hydrogen) atoms. The second-order valence-corrected chi connectivity index (χ2v) is 7.98. The number of hydrazine groups is 1. The maximum atomic E-state index is 11.9. The first-order valence-corrected chi connectivity index (χ1v) is 10.4. The third-order valence-corrected chi connectivity index (χ3v) is 5.98. The van der Waals surface area contributed by atoms with Gasteiger partial charge in [0.1, 0.15) is 11.9 Å². The van der Waals surface area contributed by atoms with Gasteiger partial charge in [-0.05, 0) is 25.2 Å². The van der Waals surface area contributed by atoms with E-state index in [0.717, 1.165) is 44.8 Å². The molecule has 0 radical (unpaired) electrons. The first-order chi connectivity index (χ1) is 13.5. The van der Waals surface area contributed by atoms with Crippen LogP contribution >= 0.6 is 0 Å². The zero-order valence-electron chi connectivity index (χ0n) is 16.8. The molecule has 154 valence electrons. The van der Waals surface area contributed by atoms with Crippen LogP contribution in [0.3, 0.4) is 0 Å². The number of rotatable bonds is 7. The smallest absolute Gasteiger partial charge is 0.254 e. The summed E-state index contributed by atoms with van der Waals surface area (Å²) >= 11 is 0. The van der Waals surface area contributed by atoms with Gasteiger partial charge in [-0.15, -0.1) is 0 Å². The predicted octanol–water partition coefficient (Wildman–Crippen LogP) is 1.87. The Hall–Kier alpha value is -2.22. The standard InChI is InChI=1S/C20H32N6O2/c1-15(27)25-10-8-17(9-11-25)24-26(12-7-16-5-3-2-4-6-16)20-18(19(21)28)13-22-14-23-20/h13-14,16-17,24H,2-12H2,1H3,(H2,21,28). The molecule has 2 heterocycles. The lowest BCUT2D eigenvalue weighted by molar-refractivity contribution is -0.129. The van der Waals surface area contributed by atoms with E-state index >= 15 is 0 Å². The van der Waals surface area contributed by atoms with Crippen LogP contribution in [0.25, 0.3) is 0 Å². The molecule has 8 nitrogen and oxygen atoms in total. The summed E-state index contributed by atoms with van der Waals surface area (Å²) in [5.41, 5.74) is 9.46. The van der Waals surface area contributed by atoms with Crippen molar-refractivity contribution < 1.29 is 9.59 Å². The lowest BCUT2D eigenvalue weighted by atomic mass is 9.87.